The highest BCUT2D eigenvalue weighted by Gasteiger charge is 2.42. The lowest BCUT2D eigenvalue weighted by atomic mass is 9.91. The van der Waals surface area contributed by atoms with Crippen LogP contribution in [0.1, 0.15) is 36.5 Å². The molecule has 3 aromatic carbocycles. The third-order valence-corrected chi connectivity index (χ3v) is 5.40. The number of hydrogen-bond acceptors (Lipinski definition) is 5. The molecule has 0 saturated carbocycles. The average Bonchev–Trinajstić information content (AvgIpc) is 2.83. The maximum absolute atomic E-state index is 13.9. The van der Waals surface area contributed by atoms with Crippen molar-refractivity contribution in [1.82, 2.24) is 0 Å². The summed E-state index contributed by atoms with van der Waals surface area (Å²) >= 11 is 0. The minimum absolute atomic E-state index is 0.0207. The monoisotopic (exact) mass is 501 g/mol. The van der Waals surface area contributed by atoms with E-state index in [0.29, 0.717) is 29.0 Å². The number of alkyl halides is 3. The van der Waals surface area contributed by atoms with E-state index < -0.39 is 30.5 Å². The van der Waals surface area contributed by atoms with E-state index in [4.69, 9.17) is 10.1 Å². The molecule has 36 heavy (non-hydrogen) atoms. The number of rotatable bonds is 9. The summed E-state index contributed by atoms with van der Waals surface area (Å²) in [5.41, 5.74) is 1.89. The molecule has 3 rings (SSSR count). The van der Waals surface area contributed by atoms with Crippen molar-refractivity contribution in [3.8, 4) is 11.5 Å². The summed E-state index contributed by atoms with van der Waals surface area (Å²) in [5, 5.41) is 8.34. The molecule has 0 radical (unpaired) electrons. The van der Waals surface area contributed by atoms with Crippen LogP contribution in [0.3, 0.4) is 0 Å². The molecule has 0 aromatic heterocycles. The molecule has 0 bridgehead atoms. The summed E-state index contributed by atoms with van der Waals surface area (Å²) in [6.45, 7) is 1.67. The Morgan fingerprint density at radius 1 is 0.944 bits per heavy atom. The molecule has 0 spiro atoms. The highest BCUT2D eigenvalue weighted by Crippen LogP contribution is 2.26. The lowest BCUT2D eigenvalue weighted by molar-refractivity contribution is -0.202. The van der Waals surface area contributed by atoms with Gasteiger partial charge in [0.15, 0.2) is 0 Å². The van der Waals surface area contributed by atoms with Crippen LogP contribution in [0.25, 0.3) is 0 Å². The molecule has 0 aliphatic heterocycles. The van der Waals surface area contributed by atoms with E-state index in [2.05, 4.69) is 4.74 Å². The summed E-state index contributed by atoms with van der Waals surface area (Å²) in [5.74, 6) is -3.93. The van der Waals surface area contributed by atoms with Gasteiger partial charge in [0, 0.05) is 18.1 Å². The van der Waals surface area contributed by atoms with Gasteiger partial charge in [-0.25, -0.2) is 9.18 Å². The molecule has 0 aliphatic rings. The zero-order valence-corrected chi connectivity index (χ0v) is 19.3. The van der Waals surface area contributed by atoms with Crippen molar-refractivity contribution < 1.29 is 36.6 Å². The predicted octanol–water partition coefficient (Wildman–Crippen LogP) is 6.63. The van der Waals surface area contributed by atoms with E-state index in [-0.39, 0.29) is 17.9 Å². The SMILES string of the molecule is CC[C@@H](CC(=O)OC(=O)C(F)(F)F)C(=N)c1ccc(Oc2cccc(Cc3ccccc3F)c2)cc1. The van der Waals surface area contributed by atoms with Gasteiger partial charge in [0.1, 0.15) is 17.3 Å². The standard InChI is InChI=1S/C27H23F4NO4/c1-2-18(16-24(33)36-26(34)27(29,30)31)25(32)19-10-12-21(13-11-19)35-22-8-5-6-17(15-22)14-20-7-3-4-9-23(20)28/h3-13,15,18,32H,2,14,16H2,1H3/t18-/m0/s1. The molecular formula is C27H23F4NO4. The van der Waals surface area contributed by atoms with Crippen LogP contribution in [0.4, 0.5) is 17.6 Å². The van der Waals surface area contributed by atoms with Crippen LogP contribution in [0.2, 0.25) is 0 Å². The van der Waals surface area contributed by atoms with Gasteiger partial charge < -0.3 is 14.9 Å². The lowest BCUT2D eigenvalue weighted by Crippen LogP contribution is -2.29. The zero-order valence-electron chi connectivity index (χ0n) is 19.3. The van der Waals surface area contributed by atoms with E-state index in [9.17, 15) is 27.2 Å². The van der Waals surface area contributed by atoms with Crippen molar-refractivity contribution in [2.45, 2.75) is 32.4 Å². The van der Waals surface area contributed by atoms with Gasteiger partial charge in [-0.15, -0.1) is 0 Å². The molecule has 9 heteroatoms. The molecule has 1 atom stereocenters. The quantitative estimate of drug-likeness (QED) is 0.155. The number of nitrogens with one attached hydrogen (secondary N) is 1. The Hall–Kier alpha value is -4.01. The van der Waals surface area contributed by atoms with Gasteiger partial charge in [0.25, 0.3) is 0 Å². The third-order valence-electron chi connectivity index (χ3n) is 5.40. The van der Waals surface area contributed by atoms with Crippen molar-refractivity contribution in [2.24, 2.45) is 5.92 Å². The van der Waals surface area contributed by atoms with Gasteiger partial charge in [-0.1, -0.05) is 37.3 Å². The Balaban J connectivity index is 1.63. The minimum Gasteiger partial charge on any atom is -0.457 e. The Labute approximate surface area is 205 Å². The first-order chi connectivity index (χ1) is 17.1. The van der Waals surface area contributed by atoms with Crippen LogP contribution in [0.5, 0.6) is 11.5 Å². The summed E-state index contributed by atoms with van der Waals surface area (Å²) in [6.07, 6.45) is -5.13. The van der Waals surface area contributed by atoms with Crippen molar-refractivity contribution >= 4 is 17.7 Å². The summed E-state index contributed by atoms with van der Waals surface area (Å²) in [7, 11) is 0. The van der Waals surface area contributed by atoms with E-state index in [0.717, 1.165) is 5.56 Å². The topological polar surface area (TPSA) is 76.5 Å². The van der Waals surface area contributed by atoms with Crippen LogP contribution in [0.15, 0.2) is 72.8 Å². The molecule has 0 saturated heterocycles. The molecule has 0 amide bonds. The van der Waals surface area contributed by atoms with Crippen molar-refractivity contribution in [1.29, 1.82) is 5.41 Å². The Morgan fingerprint density at radius 3 is 2.28 bits per heavy atom. The second kappa shape index (κ2) is 11.6. The van der Waals surface area contributed by atoms with E-state index in [1.54, 1.807) is 67.6 Å². The van der Waals surface area contributed by atoms with Crippen LogP contribution < -0.4 is 4.74 Å². The van der Waals surface area contributed by atoms with Crippen LogP contribution >= 0.6 is 0 Å². The van der Waals surface area contributed by atoms with Crippen molar-refractivity contribution in [3.63, 3.8) is 0 Å². The average molecular weight is 501 g/mol. The fraction of sp³-hybridized carbons (Fsp3) is 0.222. The van der Waals surface area contributed by atoms with E-state index in [1.165, 1.54) is 6.07 Å². The maximum atomic E-state index is 13.9. The molecular weight excluding hydrogens is 478 g/mol. The Morgan fingerprint density at radius 2 is 1.64 bits per heavy atom. The van der Waals surface area contributed by atoms with Gasteiger partial charge in [0.05, 0.1) is 6.42 Å². The number of halogens is 4. The summed E-state index contributed by atoms with van der Waals surface area (Å²) < 4.78 is 60.5. The molecule has 3 aromatic rings. The van der Waals surface area contributed by atoms with Crippen LogP contribution in [-0.4, -0.2) is 23.8 Å². The molecule has 188 valence electrons. The molecule has 0 heterocycles. The highest BCUT2D eigenvalue weighted by atomic mass is 19.4. The first kappa shape index (κ1) is 26.6. The number of benzene rings is 3. The first-order valence-electron chi connectivity index (χ1n) is 11.1. The van der Waals surface area contributed by atoms with Crippen molar-refractivity contribution in [2.75, 3.05) is 0 Å². The summed E-state index contributed by atoms with van der Waals surface area (Å²) in [6, 6.07) is 20.1. The number of carbonyl (C=O) groups excluding carboxylic acids is 2. The molecule has 0 unspecified atom stereocenters. The Kier molecular flexibility index (Phi) is 8.58. The molecule has 0 fully saturated rings. The number of carbonyl (C=O) groups is 2. The molecule has 0 aliphatic carbocycles. The zero-order chi connectivity index (χ0) is 26.3. The third kappa shape index (κ3) is 7.24. The second-order valence-electron chi connectivity index (χ2n) is 8.02. The first-order valence-corrected chi connectivity index (χ1v) is 11.1. The van der Waals surface area contributed by atoms with E-state index >= 15 is 0 Å². The molecule has 1 N–H and O–H groups in total. The number of ether oxygens (including phenoxy) is 2. The number of hydrogen-bond donors (Lipinski definition) is 1. The second-order valence-corrected chi connectivity index (χ2v) is 8.02. The fourth-order valence-corrected chi connectivity index (χ4v) is 3.51. The predicted molar refractivity (Wildman–Crippen MR) is 125 cm³/mol. The van der Waals surface area contributed by atoms with Gasteiger partial charge >= 0.3 is 18.1 Å². The number of esters is 2. The van der Waals surface area contributed by atoms with Gasteiger partial charge in [0.2, 0.25) is 0 Å². The van der Waals surface area contributed by atoms with Crippen LogP contribution in [0, 0.1) is 17.1 Å². The largest absolute Gasteiger partial charge is 0.491 e. The summed E-state index contributed by atoms with van der Waals surface area (Å²) in [4.78, 5) is 22.6. The highest BCUT2D eigenvalue weighted by molar-refractivity contribution is 6.02. The normalized spacial score (nSPS) is 12.0. The smallest absolute Gasteiger partial charge is 0.457 e. The maximum Gasteiger partial charge on any atom is 0.491 e. The Bertz CT molecular complexity index is 1240. The van der Waals surface area contributed by atoms with Crippen LogP contribution in [-0.2, 0) is 20.7 Å². The van der Waals surface area contributed by atoms with Gasteiger partial charge in [-0.05, 0) is 65.6 Å². The molecule has 5 nitrogen and oxygen atoms in total. The fourth-order valence-electron chi connectivity index (χ4n) is 3.51. The lowest BCUT2D eigenvalue weighted by Gasteiger charge is -2.16. The van der Waals surface area contributed by atoms with Crippen molar-refractivity contribution in [3.05, 3.63) is 95.3 Å². The minimum atomic E-state index is -5.27. The van der Waals surface area contributed by atoms with Gasteiger partial charge in [-0.3, -0.25) is 4.79 Å². The van der Waals surface area contributed by atoms with E-state index in [1.807, 2.05) is 6.07 Å². The van der Waals surface area contributed by atoms with Gasteiger partial charge in [-0.2, -0.15) is 13.2 Å².